The molecule has 0 saturated carbocycles. The van der Waals surface area contributed by atoms with Gasteiger partial charge in [0.25, 0.3) is 0 Å². The van der Waals surface area contributed by atoms with Gasteiger partial charge in [-0.1, -0.05) is 6.07 Å². The molecule has 1 aliphatic heterocycles. The van der Waals surface area contributed by atoms with Crippen molar-refractivity contribution < 1.29 is 13.5 Å². The van der Waals surface area contributed by atoms with Gasteiger partial charge in [-0.2, -0.15) is 4.39 Å². The zero-order chi connectivity index (χ0) is 27.2. The van der Waals surface area contributed by atoms with E-state index in [4.69, 9.17) is 15.5 Å². The van der Waals surface area contributed by atoms with Crippen LogP contribution in [0.1, 0.15) is 40.8 Å². The third-order valence-corrected chi connectivity index (χ3v) is 6.95. The van der Waals surface area contributed by atoms with E-state index < -0.39 is 11.8 Å². The topological polar surface area (TPSA) is 114 Å². The van der Waals surface area contributed by atoms with E-state index in [0.717, 1.165) is 48.0 Å². The van der Waals surface area contributed by atoms with E-state index in [1.807, 2.05) is 18.5 Å². The molecule has 5 rings (SSSR count). The lowest BCUT2D eigenvalue weighted by atomic mass is 10.0. The summed E-state index contributed by atoms with van der Waals surface area (Å²) in [5.41, 5.74) is 10.9. The number of H-pyrrole nitrogens is 1. The number of hydrogen-bond acceptors (Lipinski definition) is 7. The molecule has 1 fully saturated rings. The van der Waals surface area contributed by atoms with E-state index in [0.29, 0.717) is 41.7 Å². The Morgan fingerprint density at radius 2 is 1.97 bits per heavy atom. The third kappa shape index (κ3) is 6.28. The maximum Gasteiger partial charge on any atom is 0.250 e. The molecule has 0 bridgehead atoms. The van der Waals surface area contributed by atoms with Crippen molar-refractivity contribution in [1.82, 2.24) is 25.3 Å². The molecule has 0 aromatic carbocycles. The lowest BCUT2D eigenvalue weighted by Gasteiger charge is -2.18. The predicted octanol–water partition coefficient (Wildman–Crippen LogP) is 4.14. The number of allylic oxidation sites excluding steroid dienone is 1. The highest BCUT2D eigenvalue weighted by Crippen LogP contribution is 2.24. The Balaban J connectivity index is 1.29. The van der Waals surface area contributed by atoms with Crippen molar-refractivity contribution in [3.05, 3.63) is 88.8 Å². The van der Waals surface area contributed by atoms with Gasteiger partial charge < -0.3 is 20.8 Å². The van der Waals surface area contributed by atoms with Crippen molar-refractivity contribution in [3.8, 4) is 5.88 Å². The maximum atomic E-state index is 15.0. The van der Waals surface area contributed by atoms with Gasteiger partial charge in [0.2, 0.25) is 11.8 Å². The van der Waals surface area contributed by atoms with Gasteiger partial charge >= 0.3 is 0 Å². The summed E-state index contributed by atoms with van der Waals surface area (Å²) in [6.45, 7) is 1.94. The quantitative estimate of drug-likeness (QED) is 0.221. The van der Waals surface area contributed by atoms with Gasteiger partial charge in [0.15, 0.2) is 5.82 Å². The van der Waals surface area contributed by atoms with Crippen molar-refractivity contribution in [2.75, 3.05) is 20.2 Å². The third-order valence-electron chi connectivity index (χ3n) is 6.95. The van der Waals surface area contributed by atoms with Crippen molar-refractivity contribution in [2.45, 2.75) is 38.1 Å². The first-order valence-electron chi connectivity index (χ1n) is 13.0. The van der Waals surface area contributed by atoms with E-state index in [2.05, 4.69) is 25.3 Å². The summed E-state index contributed by atoms with van der Waals surface area (Å²) in [5.74, 6) is -1.10. The summed E-state index contributed by atoms with van der Waals surface area (Å²) < 4.78 is 33.7. The van der Waals surface area contributed by atoms with Gasteiger partial charge in [0.05, 0.1) is 13.2 Å². The molecular weight excluding hydrogens is 500 g/mol. The zero-order valence-corrected chi connectivity index (χ0v) is 21.8. The zero-order valence-electron chi connectivity index (χ0n) is 21.8. The van der Waals surface area contributed by atoms with Crippen LogP contribution in [0.2, 0.25) is 0 Å². The Kier molecular flexibility index (Phi) is 8.21. The van der Waals surface area contributed by atoms with Crippen LogP contribution in [-0.2, 0) is 19.3 Å². The Hall–Kier alpha value is -4.18. The molecule has 0 aliphatic carbocycles. The minimum absolute atomic E-state index is 0.0486. The van der Waals surface area contributed by atoms with E-state index in [1.165, 1.54) is 13.2 Å². The number of halogens is 2. The largest absolute Gasteiger partial charge is 0.479 e. The number of pyridine rings is 3. The van der Waals surface area contributed by atoms with Gasteiger partial charge in [-0.15, -0.1) is 0 Å². The second-order valence-corrected chi connectivity index (χ2v) is 9.58. The molecule has 4 aromatic heterocycles. The lowest BCUT2D eigenvalue weighted by molar-refractivity contribution is 0.368. The molecule has 0 radical (unpaired) electrons. The minimum atomic E-state index is -0.526. The lowest BCUT2D eigenvalue weighted by Crippen LogP contribution is -2.29. The van der Waals surface area contributed by atoms with Gasteiger partial charge in [-0.25, -0.2) is 19.3 Å². The molecule has 202 valence electrons. The van der Waals surface area contributed by atoms with Crippen molar-refractivity contribution in [3.63, 3.8) is 0 Å². The molecular formula is C29H31F2N7O. The van der Waals surface area contributed by atoms with Gasteiger partial charge in [0, 0.05) is 65.2 Å². The predicted molar refractivity (Wildman–Crippen MR) is 148 cm³/mol. The molecule has 8 nitrogen and oxygen atoms in total. The number of nitrogens with zero attached hydrogens (tertiary/aromatic N) is 4. The summed E-state index contributed by atoms with van der Waals surface area (Å²) in [6.07, 6.45) is 11.8. The van der Waals surface area contributed by atoms with Crippen LogP contribution in [0.25, 0.3) is 16.6 Å². The number of nitrogens with two attached hydrogens (primary N) is 1. The Bertz CT molecular complexity index is 1510. The molecule has 1 saturated heterocycles. The molecule has 4 aromatic rings. The molecule has 10 heteroatoms. The van der Waals surface area contributed by atoms with Gasteiger partial charge in [-0.05, 0) is 68.1 Å². The van der Waals surface area contributed by atoms with Crippen molar-refractivity contribution in [2.24, 2.45) is 10.7 Å². The number of hydrogen-bond donors (Lipinski definition) is 3. The molecule has 0 atom stereocenters. The van der Waals surface area contributed by atoms with Gasteiger partial charge in [-0.3, -0.25) is 4.99 Å². The van der Waals surface area contributed by atoms with Crippen LogP contribution in [-0.4, -0.2) is 52.4 Å². The highest BCUT2D eigenvalue weighted by molar-refractivity contribution is 6.10. The Morgan fingerprint density at radius 1 is 1.13 bits per heavy atom. The fraction of sp³-hybridized carbons (Fsp3) is 0.310. The SMILES string of the molecule is COc1ncc(CCc2ccc(Cc3c[nH]c4ncc(/C(C=NC5CCNCC5)=C/N)cc34)c(F)n2)cc1F. The van der Waals surface area contributed by atoms with Crippen LogP contribution in [0.3, 0.4) is 0 Å². The molecule has 0 spiro atoms. The van der Waals surface area contributed by atoms with Crippen LogP contribution in [0.4, 0.5) is 8.78 Å². The van der Waals surface area contributed by atoms with E-state index >= 15 is 0 Å². The fourth-order valence-electron chi connectivity index (χ4n) is 4.72. The van der Waals surface area contributed by atoms with Crippen molar-refractivity contribution >= 4 is 22.8 Å². The number of rotatable bonds is 9. The number of aromatic amines is 1. The maximum absolute atomic E-state index is 15.0. The average Bonchev–Trinajstić information content (AvgIpc) is 3.36. The minimum Gasteiger partial charge on any atom is -0.479 e. The molecule has 39 heavy (non-hydrogen) atoms. The first kappa shape index (κ1) is 26.4. The van der Waals surface area contributed by atoms with Crippen LogP contribution in [0, 0.1) is 11.8 Å². The number of aryl methyl sites for hydroxylation is 2. The number of piperidine rings is 1. The van der Waals surface area contributed by atoms with Crippen LogP contribution in [0.15, 0.2) is 54.0 Å². The van der Waals surface area contributed by atoms with E-state index in [-0.39, 0.29) is 11.9 Å². The van der Waals surface area contributed by atoms with Crippen LogP contribution >= 0.6 is 0 Å². The smallest absolute Gasteiger partial charge is 0.250 e. The standard InChI is InChI=1S/C29H31F2N7O/c1-39-29-26(30)10-18(14-37-29)2-4-24-5-3-19(27(31)38-24)11-21-16-36-28-25(21)12-20(15-35-28)22(13-32)17-34-23-6-8-33-9-7-23/h3,5,10,12-17,23,33H,2,4,6-9,11,32H2,1H3,(H,35,36)/b22-13+,34-17?. The van der Waals surface area contributed by atoms with E-state index in [9.17, 15) is 8.78 Å². The van der Waals surface area contributed by atoms with E-state index in [1.54, 1.807) is 30.7 Å². The number of nitrogens with one attached hydrogen (secondary N) is 2. The highest BCUT2D eigenvalue weighted by Gasteiger charge is 2.14. The summed E-state index contributed by atoms with van der Waals surface area (Å²) in [7, 11) is 1.37. The molecule has 5 heterocycles. The Morgan fingerprint density at radius 3 is 2.72 bits per heavy atom. The van der Waals surface area contributed by atoms with Crippen LogP contribution in [0.5, 0.6) is 5.88 Å². The summed E-state index contributed by atoms with van der Waals surface area (Å²) in [5, 5.41) is 4.23. The first-order valence-corrected chi connectivity index (χ1v) is 13.0. The molecule has 0 amide bonds. The van der Waals surface area contributed by atoms with Crippen molar-refractivity contribution in [1.29, 1.82) is 0 Å². The fourth-order valence-corrected chi connectivity index (χ4v) is 4.72. The molecule has 4 N–H and O–H groups in total. The summed E-state index contributed by atoms with van der Waals surface area (Å²) in [6, 6.07) is 7.21. The second-order valence-electron chi connectivity index (χ2n) is 9.58. The van der Waals surface area contributed by atoms with Gasteiger partial charge in [0.1, 0.15) is 5.65 Å². The number of methoxy groups -OCH3 is 1. The normalized spacial score (nSPS) is 14.9. The average molecular weight is 532 g/mol. The number of ether oxygens (including phenoxy) is 1. The summed E-state index contributed by atoms with van der Waals surface area (Å²) in [4.78, 5) is 20.5. The number of aromatic nitrogens is 4. The summed E-state index contributed by atoms with van der Waals surface area (Å²) >= 11 is 0. The second kappa shape index (κ2) is 12.1. The molecule has 0 unspecified atom stereocenters. The highest BCUT2D eigenvalue weighted by atomic mass is 19.1. The monoisotopic (exact) mass is 531 g/mol. The van der Waals surface area contributed by atoms with Crippen LogP contribution < -0.4 is 15.8 Å². The number of fused-ring (bicyclic) bond motifs is 1. The number of aliphatic imine (C=N–C) groups is 1. The first-order chi connectivity index (χ1) is 19.0. The molecule has 1 aliphatic rings. The Labute approximate surface area is 225 Å².